The van der Waals surface area contributed by atoms with E-state index in [1.54, 1.807) is 6.07 Å². The summed E-state index contributed by atoms with van der Waals surface area (Å²) in [6, 6.07) is 3.85. The normalized spacial score (nSPS) is 23.6. The molecule has 0 amide bonds. The summed E-state index contributed by atoms with van der Waals surface area (Å²) in [7, 11) is -1.51. The van der Waals surface area contributed by atoms with Crippen molar-refractivity contribution >= 4 is 13.1 Å². The van der Waals surface area contributed by atoms with Crippen LogP contribution in [0.2, 0.25) is 6.32 Å². The molecule has 6 N–H and O–H groups in total. The lowest BCUT2D eigenvalue weighted by Gasteiger charge is -2.49. The molecule has 1 saturated carbocycles. The van der Waals surface area contributed by atoms with Crippen LogP contribution in [0.25, 0.3) is 0 Å². The van der Waals surface area contributed by atoms with E-state index in [4.69, 9.17) is 20.5 Å². The van der Waals surface area contributed by atoms with Gasteiger partial charge in [0, 0.05) is 25.2 Å². The SMILES string of the molecule is NC1CC(N2CC(Oc3ccc(CCB(O)O)c(O)c3C(=O)O)C2)C1. The van der Waals surface area contributed by atoms with Crippen LogP contribution in [-0.2, 0) is 6.42 Å². The second kappa shape index (κ2) is 7.21. The van der Waals surface area contributed by atoms with Crippen molar-refractivity contribution in [1.82, 2.24) is 4.90 Å². The zero-order chi connectivity index (χ0) is 18.1. The Morgan fingerprint density at radius 1 is 1.32 bits per heavy atom. The highest BCUT2D eigenvalue weighted by atomic mass is 16.5. The van der Waals surface area contributed by atoms with Crippen LogP contribution < -0.4 is 10.5 Å². The molecule has 0 aromatic heterocycles. The van der Waals surface area contributed by atoms with Crippen LogP contribution >= 0.6 is 0 Å². The first-order valence-corrected chi connectivity index (χ1v) is 8.45. The third-order valence-electron chi connectivity index (χ3n) is 4.94. The van der Waals surface area contributed by atoms with Crippen molar-refractivity contribution in [3.05, 3.63) is 23.3 Å². The number of hydrogen-bond donors (Lipinski definition) is 5. The van der Waals surface area contributed by atoms with Gasteiger partial charge in [0.1, 0.15) is 23.2 Å². The Morgan fingerprint density at radius 2 is 2.00 bits per heavy atom. The van der Waals surface area contributed by atoms with Gasteiger partial charge >= 0.3 is 13.1 Å². The van der Waals surface area contributed by atoms with Gasteiger partial charge in [-0.05, 0) is 37.2 Å². The second-order valence-electron chi connectivity index (χ2n) is 6.85. The van der Waals surface area contributed by atoms with Gasteiger partial charge in [-0.2, -0.15) is 0 Å². The number of likely N-dealkylation sites (tertiary alicyclic amines) is 1. The molecule has 1 aliphatic heterocycles. The molecule has 8 nitrogen and oxygen atoms in total. The van der Waals surface area contributed by atoms with Crippen molar-refractivity contribution in [3.8, 4) is 11.5 Å². The van der Waals surface area contributed by atoms with E-state index in [-0.39, 0.29) is 41.9 Å². The molecule has 0 spiro atoms. The van der Waals surface area contributed by atoms with E-state index in [0.29, 0.717) is 11.6 Å². The van der Waals surface area contributed by atoms with Crippen LogP contribution in [0.3, 0.4) is 0 Å². The summed E-state index contributed by atoms with van der Waals surface area (Å²) < 4.78 is 5.77. The number of carbonyl (C=O) groups is 1. The molecule has 9 heteroatoms. The molecule has 136 valence electrons. The van der Waals surface area contributed by atoms with Crippen molar-refractivity contribution in [2.75, 3.05) is 13.1 Å². The molecule has 0 bridgehead atoms. The fraction of sp³-hybridized carbons (Fsp3) is 0.562. The molecule has 1 aromatic carbocycles. The lowest BCUT2D eigenvalue weighted by atomic mass is 9.82. The first-order chi connectivity index (χ1) is 11.8. The molecule has 0 atom stereocenters. The molecule has 0 radical (unpaired) electrons. The Kier molecular flexibility index (Phi) is 5.19. The number of ether oxygens (including phenoxy) is 1. The van der Waals surface area contributed by atoms with Gasteiger partial charge in [0.25, 0.3) is 0 Å². The first kappa shape index (κ1) is 18.0. The predicted molar refractivity (Wildman–Crippen MR) is 90.8 cm³/mol. The van der Waals surface area contributed by atoms with E-state index in [1.807, 2.05) is 0 Å². The standard InChI is InChI=1S/C16H23BN2O6/c18-10-5-11(6-10)19-7-12(8-19)25-13-2-1-9(3-4-17(23)24)15(20)14(13)16(21)22/h1-2,10-12,20,23-24H,3-8,18H2,(H,21,22). The molecule has 25 heavy (non-hydrogen) atoms. The number of carboxylic acid groups (broad SMARTS) is 1. The minimum absolute atomic E-state index is 0.00787. The lowest BCUT2D eigenvalue weighted by Crippen LogP contribution is -2.62. The Bertz CT molecular complexity index is 644. The number of aromatic carboxylic acids is 1. The number of hydrogen-bond acceptors (Lipinski definition) is 7. The number of nitrogens with two attached hydrogens (primary N) is 1. The maximum atomic E-state index is 11.5. The van der Waals surface area contributed by atoms with Gasteiger partial charge in [-0.15, -0.1) is 0 Å². The maximum absolute atomic E-state index is 11.5. The summed E-state index contributed by atoms with van der Waals surface area (Å²) in [4.78, 5) is 13.8. The van der Waals surface area contributed by atoms with Gasteiger partial charge in [-0.1, -0.05) is 6.07 Å². The molecular weight excluding hydrogens is 327 g/mol. The van der Waals surface area contributed by atoms with Gasteiger partial charge < -0.3 is 30.7 Å². The maximum Gasteiger partial charge on any atom is 0.451 e. The van der Waals surface area contributed by atoms with E-state index in [9.17, 15) is 15.0 Å². The monoisotopic (exact) mass is 350 g/mol. The van der Waals surface area contributed by atoms with Crippen molar-refractivity contribution in [2.24, 2.45) is 5.73 Å². The average Bonchev–Trinajstić information content (AvgIpc) is 2.46. The van der Waals surface area contributed by atoms with Crippen molar-refractivity contribution in [1.29, 1.82) is 0 Å². The summed E-state index contributed by atoms with van der Waals surface area (Å²) >= 11 is 0. The van der Waals surface area contributed by atoms with E-state index in [1.165, 1.54) is 6.07 Å². The first-order valence-electron chi connectivity index (χ1n) is 8.45. The second-order valence-corrected chi connectivity index (χ2v) is 6.85. The number of nitrogens with zero attached hydrogens (tertiary/aromatic N) is 1. The molecule has 3 rings (SSSR count). The minimum Gasteiger partial charge on any atom is -0.507 e. The zero-order valence-electron chi connectivity index (χ0n) is 13.8. The van der Waals surface area contributed by atoms with Gasteiger partial charge in [0.15, 0.2) is 0 Å². The van der Waals surface area contributed by atoms with Crippen LogP contribution in [-0.4, -0.2) is 69.5 Å². The fourth-order valence-electron chi connectivity index (χ4n) is 3.36. The fourth-order valence-corrected chi connectivity index (χ4v) is 3.36. The van der Waals surface area contributed by atoms with Crippen molar-refractivity contribution < 1.29 is 29.8 Å². The smallest absolute Gasteiger partial charge is 0.451 e. The van der Waals surface area contributed by atoms with Gasteiger partial charge in [0.05, 0.1) is 0 Å². The minimum atomic E-state index is -1.51. The summed E-state index contributed by atoms with van der Waals surface area (Å²) in [6.07, 6.45) is 2.02. The lowest BCUT2D eigenvalue weighted by molar-refractivity contribution is -0.0362. The Balaban J connectivity index is 1.65. The summed E-state index contributed by atoms with van der Waals surface area (Å²) in [6.45, 7) is 1.44. The molecule has 2 aliphatic rings. The van der Waals surface area contributed by atoms with E-state index < -0.39 is 13.1 Å². The predicted octanol–water partition coefficient (Wildman–Crippen LogP) is -0.342. The summed E-state index contributed by atoms with van der Waals surface area (Å²) in [5, 5.41) is 37.5. The number of phenols is 1. The quantitative estimate of drug-likeness (QED) is 0.421. The highest BCUT2D eigenvalue weighted by Crippen LogP contribution is 2.35. The summed E-state index contributed by atoms with van der Waals surface area (Å²) in [5.74, 6) is -1.53. The van der Waals surface area contributed by atoms with E-state index in [0.717, 1.165) is 25.9 Å². The zero-order valence-corrected chi connectivity index (χ0v) is 13.8. The highest BCUT2D eigenvalue weighted by molar-refractivity contribution is 6.41. The molecule has 1 aliphatic carbocycles. The summed E-state index contributed by atoms with van der Waals surface area (Å²) in [5.41, 5.74) is 5.85. The van der Waals surface area contributed by atoms with Crippen LogP contribution in [0.15, 0.2) is 12.1 Å². The third kappa shape index (κ3) is 3.90. The topological polar surface area (TPSA) is 136 Å². The van der Waals surface area contributed by atoms with E-state index in [2.05, 4.69) is 4.90 Å². The average molecular weight is 350 g/mol. The molecule has 2 fully saturated rings. The van der Waals surface area contributed by atoms with Gasteiger partial charge in [-0.25, -0.2) is 4.79 Å². The van der Waals surface area contributed by atoms with Crippen LogP contribution in [0.5, 0.6) is 11.5 Å². The Morgan fingerprint density at radius 3 is 2.56 bits per heavy atom. The molecule has 1 saturated heterocycles. The Hall–Kier alpha value is -1.81. The molecular formula is C16H23BN2O6. The van der Waals surface area contributed by atoms with Crippen molar-refractivity contribution in [2.45, 2.75) is 43.8 Å². The number of aryl methyl sites for hydroxylation is 1. The Labute approximate surface area is 146 Å². The molecule has 1 heterocycles. The number of rotatable bonds is 7. The number of benzene rings is 1. The number of aromatic hydroxyl groups is 1. The van der Waals surface area contributed by atoms with Gasteiger partial charge in [0.2, 0.25) is 0 Å². The van der Waals surface area contributed by atoms with Crippen LogP contribution in [0.4, 0.5) is 0 Å². The van der Waals surface area contributed by atoms with Crippen LogP contribution in [0.1, 0.15) is 28.8 Å². The third-order valence-corrected chi connectivity index (χ3v) is 4.94. The molecule has 1 aromatic rings. The van der Waals surface area contributed by atoms with Gasteiger partial charge in [-0.3, -0.25) is 4.90 Å². The molecule has 0 unspecified atom stereocenters. The van der Waals surface area contributed by atoms with E-state index >= 15 is 0 Å². The highest BCUT2D eigenvalue weighted by Gasteiger charge is 2.39. The van der Waals surface area contributed by atoms with Crippen LogP contribution in [0, 0.1) is 0 Å². The number of carboxylic acids is 1. The van der Waals surface area contributed by atoms with Crippen molar-refractivity contribution in [3.63, 3.8) is 0 Å². The largest absolute Gasteiger partial charge is 0.507 e.